The number of hydrogen-bond acceptors (Lipinski definition) is 4. The van der Waals surface area contributed by atoms with Crippen molar-refractivity contribution in [2.24, 2.45) is 7.05 Å². The third-order valence-corrected chi connectivity index (χ3v) is 3.96. The molecule has 0 fully saturated rings. The molecule has 0 aliphatic carbocycles. The van der Waals surface area contributed by atoms with Crippen LogP contribution in [-0.2, 0) is 19.8 Å². The van der Waals surface area contributed by atoms with Crippen LogP contribution in [0.4, 0.5) is 13.2 Å². The van der Waals surface area contributed by atoms with Gasteiger partial charge in [-0.15, -0.1) is 0 Å². The van der Waals surface area contributed by atoms with Crippen LogP contribution < -0.4 is 0 Å². The largest absolute Gasteiger partial charge is 0.416 e. The molecule has 0 N–H and O–H groups in total. The van der Waals surface area contributed by atoms with Gasteiger partial charge in [0.2, 0.25) is 0 Å². The van der Waals surface area contributed by atoms with Gasteiger partial charge in [0.05, 0.1) is 17.3 Å². The van der Waals surface area contributed by atoms with Crippen molar-refractivity contribution in [2.45, 2.75) is 12.7 Å². The van der Waals surface area contributed by atoms with Gasteiger partial charge in [0.15, 0.2) is 5.82 Å². The summed E-state index contributed by atoms with van der Waals surface area (Å²) in [4.78, 5) is 8.47. The summed E-state index contributed by atoms with van der Waals surface area (Å²) < 4.78 is 42.1. The molecule has 9 heteroatoms. The Morgan fingerprint density at radius 2 is 1.88 bits per heavy atom. The summed E-state index contributed by atoms with van der Waals surface area (Å²) in [6.45, 7) is 0.345. The van der Waals surface area contributed by atoms with E-state index >= 15 is 0 Å². The maximum atomic E-state index is 12.9. The minimum absolute atomic E-state index is 0.345. The van der Waals surface area contributed by atoms with Gasteiger partial charge in [-0.25, -0.2) is 4.98 Å². The fourth-order valence-corrected chi connectivity index (χ4v) is 2.71. The van der Waals surface area contributed by atoms with E-state index in [1.807, 2.05) is 0 Å². The van der Waals surface area contributed by atoms with Crippen molar-refractivity contribution in [3.8, 4) is 11.1 Å². The van der Waals surface area contributed by atoms with Gasteiger partial charge in [-0.05, 0) is 23.8 Å². The molecule has 0 saturated carbocycles. The van der Waals surface area contributed by atoms with Gasteiger partial charge >= 0.3 is 6.18 Å². The number of aromatic nitrogens is 6. The van der Waals surface area contributed by atoms with Gasteiger partial charge in [-0.3, -0.25) is 14.3 Å². The van der Waals surface area contributed by atoms with Crippen molar-refractivity contribution in [1.82, 2.24) is 29.5 Å². The Hall–Kier alpha value is -3.23. The van der Waals surface area contributed by atoms with Crippen molar-refractivity contribution in [3.63, 3.8) is 0 Å². The number of hydrogen-bond donors (Lipinski definition) is 0. The van der Waals surface area contributed by atoms with Crippen LogP contribution in [0.3, 0.4) is 0 Å². The molecule has 4 rings (SSSR count). The number of alkyl halides is 3. The highest BCUT2D eigenvalue weighted by Gasteiger charge is 2.30. The van der Waals surface area contributed by atoms with Crippen LogP contribution >= 0.6 is 0 Å². The van der Waals surface area contributed by atoms with E-state index in [1.165, 1.54) is 6.07 Å². The highest BCUT2D eigenvalue weighted by molar-refractivity contribution is 5.80. The van der Waals surface area contributed by atoms with Crippen molar-refractivity contribution in [3.05, 3.63) is 60.4 Å². The molecule has 4 aromatic rings. The number of nitrogens with zero attached hydrogens (tertiary/aromatic N) is 6. The van der Waals surface area contributed by atoms with Gasteiger partial charge in [-0.1, -0.05) is 12.1 Å². The molecule has 0 saturated heterocycles. The summed E-state index contributed by atoms with van der Waals surface area (Å²) in [5.41, 5.74) is 1.68. The lowest BCUT2D eigenvalue weighted by Gasteiger charge is -2.09. The van der Waals surface area contributed by atoms with E-state index in [2.05, 4.69) is 20.2 Å². The first-order chi connectivity index (χ1) is 12.4. The molecule has 0 unspecified atom stereocenters. The van der Waals surface area contributed by atoms with E-state index in [-0.39, 0.29) is 0 Å². The third-order valence-electron chi connectivity index (χ3n) is 3.96. The first-order valence-corrected chi connectivity index (χ1v) is 7.74. The van der Waals surface area contributed by atoms with Gasteiger partial charge in [0.25, 0.3) is 0 Å². The standard InChI is InChI=1S/C17H13F3N6/c1-25-10-22-16(24-25)9-26-15-6-12(7-21-14(15)8-23-26)11-3-2-4-13(5-11)17(18,19)20/h2-8,10H,9H2,1H3. The van der Waals surface area contributed by atoms with E-state index in [9.17, 15) is 13.2 Å². The van der Waals surface area contributed by atoms with Crippen LogP contribution in [0.25, 0.3) is 22.2 Å². The number of aryl methyl sites for hydroxylation is 1. The molecule has 6 nitrogen and oxygen atoms in total. The molecular formula is C17H13F3N6. The minimum atomic E-state index is -4.39. The van der Waals surface area contributed by atoms with Crippen LogP contribution in [-0.4, -0.2) is 29.5 Å². The molecule has 26 heavy (non-hydrogen) atoms. The average molecular weight is 358 g/mol. The number of benzene rings is 1. The van der Waals surface area contributed by atoms with Crippen LogP contribution in [0.1, 0.15) is 11.4 Å². The van der Waals surface area contributed by atoms with Crippen LogP contribution in [0.15, 0.2) is 49.1 Å². The van der Waals surface area contributed by atoms with Crippen LogP contribution in [0.5, 0.6) is 0 Å². The molecule has 0 aliphatic rings. The lowest BCUT2D eigenvalue weighted by Crippen LogP contribution is -2.05. The smallest absolute Gasteiger partial charge is 0.256 e. The van der Waals surface area contributed by atoms with Gasteiger partial charge in [0, 0.05) is 18.8 Å². The SMILES string of the molecule is Cn1cnc(Cn2ncc3ncc(-c4cccc(C(F)(F)F)c4)cc32)n1. The molecular weight excluding hydrogens is 345 g/mol. The fourth-order valence-electron chi connectivity index (χ4n) is 2.71. The maximum absolute atomic E-state index is 12.9. The van der Waals surface area contributed by atoms with E-state index in [4.69, 9.17) is 0 Å². The molecule has 132 valence electrons. The second-order valence-electron chi connectivity index (χ2n) is 5.84. The molecule has 0 radical (unpaired) electrons. The minimum Gasteiger partial charge on any atom is -0.256 e. The molecule has 0 spiro atoms. The van der Waals surface area contributed by atoms with E-state index in [0.29, 0.717) is 34.5 Å². The zero-order valence-corrected chi connectivity index (χ0v) is 13.6. The van der Waals surface area contributed by atoms with Crippen molar-refractivity contribution in [1.29, 1.82) is 0 Å². The first kappa shape index (κ1) is 16.2. The Balaban J connectivity index is 1.74. The quantitative estimate of drug-likeness (QED) is 0.564. The van der Waals surface area contributed by atoms with E-state index in [0.717, 1.165) is 12.1 Å². The van der Waals surface area contributed by atoms with Crippen LogP contribution in [0.2, 0.25) is 0 Å². The Labute approximate surface area is 145 Å². The Kier molecular flexibility index (Phi) is 3.71. The van der Waals surface area contributed by atoms with Crippen LogP contribution in [0, 0.1) is 0 Å². The second-order valence-corrected chi connectivity index (χ2v) is 5.84. The zero-order valence-electron chi connectivity index (χ0n) is 13.6. The Bertz CT molecular complexity index is 1080. The third kappa shape index (κ3) is 3.03. The molecule has 1 aromatic carbocycles. The summed E-state index contributed by atoms with van der Waals surface area (Å²) in [7, 11) is 1.77. The predicted octanol–water partition coefficient (Wildman–Crippen LogP) is 3.29. The summed E-state index contributed by atoms with van der Waals surface area (Å²) in [6, 6.07) is 6.95. The van der Waals surface area contributed by atoms with E-state index in [1.54, 1.807) is 47.3 Å². The fraction of sp³-hybridized carbons (Fsp3) is 0.176. The summed E-state index contributed by atoms with van der Waals surface area (Å²) >= 11 is 0. The lowest BCUT2D eigenvalue weighted by atomic mass is 10.0. The number of fused-ring (bicyclic) bond motifs is 1. The topological polar surface area (TPSA) is 61.4 Å². The summed E-state index contributed by atoms with van der Waals surface area (Å²) in [5, 5.41) is 8.49. The first-order valence-electron chi connectivity index (χ1n) is 7.74. The zero-order chi connectivity index (χ0) is 18.3. The van der Waals surface area contributed by atoms with Gasteiger partial charge in [-0.2, -0.15) is 23.4 Å². The van der Waals surface area contributed by atoms with Gasteiger partial charge < -0.3 is 0 Å². The van der Waals surface area contributed by atoms with E-state index < -0.39 is 11.7 Å². The Morgan fingerprint density at radius 1 is 1.04 bits per heavy atom. The van der Waals surface area contributed by atoms with Crippen molar-refractivity contribution in [2.75, 3.05) is 0 Å². The normalized spacial score (nSPS) is 12.0. The average Bonchev–Trinajstić information content (AvgIpc) is 3.20. The lowest BCUT2D eigenvalue weighted by molar-refractivity contribution is -0.137. The molecule has 0 aliphatic heterocycles. The maximum Gasteiger partial charge on any atom is 0.416 e. The molecule has 3 aromatic heterocycles. The monoisotopic (exact) mass is 358 g/mol. The highest BCUT2D eigenvalue weighted by atomic mass is 19.4. The molecule has 0 amide bonds. The number of halogens is 3. The van der Waals surface area contributed by atoms with Gasteiger partial charge in [0.1, 0.15) is 18.4 Å². The number of rotatable bonds is 3. The molecule has 0 bridgehead atoms. The highest BCUT2D eigenvalue weighted by Crippen LogP contribution is 2.32. The van der Waals surface area contributed by atoms with Crippen molar-refractivity contribution >= 4 is 11.0 Å². The Morgan fingerprint density at radius 3 is 2.62 bits per heavy atom. The predicted molar refractivity (Wildman–Crippen MR) is 88.1 cm³/mol. The summed E-state index contributed by atoms with van der Waals surface area (Å²) in [6.07, 6.45) is 0.352. The molecule has 0 atom stereocenters. The number of pyridine rings is 1. The van der Waals surface area contributed by atoms with Crippen molar-refractivity contribution < 1.29 is 13.2 Å². The molecule has 3 heterocycles. The summed E-state index contributed by atoms with van der Waals surface area (Å²) in [5.74, 6) is 0.585. The second kappa shape index (κ2) is 5.94.